The van der Waals surface area contributed by atoms with Crippen LogP contribution in [0.25, 0.3) is 0 Å². The van der Waals surface area contributed by atoms with Gasteiger partial charge in [0, 0.05) is 17.9 Å². The lowest BCUT2D eigenvalue weighted by molar-refractivity contribution is -0.229. The molecule has 0 spiro atoms. The van der Waals surface area contributed by atoms with Crippen molar-refractivity contribution in [2.75, 3.05) is 0 Å². The van der Waals surface area contributed by atoms with Gasteiger partial charge in [0.05, 0.1) is 17.3 Å². The van der Waals surface area contributed by atoms with Crippen molar-refractivity contribution >= 4 is 11.8 Å². The molecule has 4 fully saturated rings. The number of hydrogen-bond donors (Lipinski definition) is 3. The van der Waals surface area contributed by atoms with E-state index in [0.29, 0.717) is 44.1 Å². The number of fused-ring (bicyclic) bond motifs is 5. The number of esters is 1. The third-order valence-corrected chi connectivity index (χ3v) is 10.4. The van der Waals surface area contributed by atoms with Gasteiger partial charge in [-0.1, -0.05) is 6.92 Å². The average Bonchev–Trinajstić information content (AvgIpc) is 3.10. The van der Waals surface area contributed by atoms with Crippen LogP contribution in [0.2, 0.25) is 0 Å². The van der Waals surface area contributed by atoms with E-state index in [-0.39, 0.29) is 41.0 Å². The number of hydrogen-bond acceptors (Lipinski definition) is 8. The molecule has 1 aromatic heterocycles. The van der Waals surface area contributed by atoms with E-state index in [0.717, 1.165) is 6.42 Å². The van der Waals surface area contributed by atoms with Crippen molar-refractivity contribution < 1.29 is 34.1 Å². The lowest BCUT2D eigenvalue weighted by Gasteiger charge is -2.64. The molecule has 5 rings (SSSR count). The number of ketones is 1. The van der Waals surface area contributed by atoms with Crippen LogP contribution in [0.3, 0.4) is 0 Å². The Labute approximate surface area is 204 Å². The predicted octanol–water partition coefficient (Wildman–Crippen LogP) is 2.32. The SMILES string of the molecule is C[C@H](O)C(=O)O[C@H]1CC[C@@]2(C)[C@H](CC[C@@H]3[C@@H]2[C@H](O)C(=O)[C@]2(C)[C@@H](c4ccc(=O)oc4)CC[C@]32O)C1. The molecule has 0 radical (unpaired) electrons. The maximum absolute atomic E-state index is 13.9. The van der Waals surface area contributed by atoms with E-state index in [1.54, 1.807) is 13.0 Å². The zero-order valence-electron chi connectivity index (χ0n) is 20.6. The first kappa shape index (κ1) is 24.7. The summed E-state index contributed by atoms with van der Waals surface area (Å²) in [5, 5.41) is 33.3. The summed E-state index contributed by atoms with van der Waals surface area (Å²) >= 11 is 0. The summed E-state index contributed by atoms with van der Waals surface area (Å²) in [5.74, 6) is -1.79. The highest BCUT2D eigenvalue weighted by atomic mass is 16.6. The van der Waals surface area contributed by atoms with E-state index >= 15 is 0 Å². The van der Waals surface area contributed by atoms with Gasteiger partial charge in [-0.25, -0.2) is 9.59 Å². The Morgan fingerprint density at radius 2 is 1.89 bits per heavy atom. The molecule has 4 saturated carbocycles. The van der Waals surface area contributed by atoms with E-state index in [4.69, 9.17) is 9.15 Å². The minimum Gasteiger partial charge on any atom is -0.460 e. The third-order valence-electron chi connectivity index (χ3n) is 10.4. The Hall–Kier alpha value is -2.03. The third kappa shape index (κ3) is 3.39. The standard InChI is InChI=1S/C27H36O8/c1-14(28)24(32)35-17-8-10-25(2)16(12-17)5-6-19-21(25)22(30)23(31)26(3)18(9-11-27(19,26)33)15-4-7-20(29)34-13-15/h4,7,13-14,16-19,21-22,28,30,33H,5-6,8-12H2,1-3H3/t14-,16+,17-,18+,19+,21+,22-,25-,26-,27-/m0/s1. The van der Waals surface area contributed by atoms with Crippen LogP contribution in [-0.4, -0.2) is 51.0 Å². The number of aliphatic hydroxyl groups excluding tert-OH is 2. The van der Waals surface area contributed by atoms with Gasteiger partial charge < -0.3 is 24.5 Å². The number of ether oxygens (including phenoxy) is 1. The second-order valence-corrected chi connectivity index (χ2v) is 11.8. The minimum atomic E-state index is -1.27. The van der Waals surface area contributed by atoms with Crippen molar-refractivity contribution in [3.63, 3.8) is 0 Å². The highest BCUT2D eigenvalue weighted by molar-refractivity contribution is 5.93. The Balaban J connectivity index is 1.46. The summed E-state index contributed by atoms with van der Waals surface area (Å²) in [5.41, 5.74) is -2.59. The van der Waals surface area contributed by atoms with E-state index in [2.05, 4.69) is 6.92 Å². The summed E-state index contributed by atoms with van der Waals surface area (Å²) < 4.78 is 10.6. The first-order valence-corrected chi connectivity index (χ1v) is 12.9. The van der Waals surface area contributed by atoms with Gasteiger partial charge in [-0.15, -0.1) is 0 Å². The highest BCUT2D eigenvalue weighted by Crippen LogP contribution is 2.69. The van der Waals surface area contributed by atoms with Crippen molar-refractivity contribution in [2.45, 2.75) is 95.5 Å². The number of aliphatic hydroxyl groups is 3. The number of Topliss-reactive ketones (excluding diaryl/α,β-unsaturated/α-hetero) is 1. The van der Waals surface area contributed by atoms with Crippen LogP contribution in [0.4, 0.5) is 0 Å². The summed E-state index contributed by atoms with van der Waals surface area (Å²) in [7, 11) is 0. The largest absolute Gasteiger partial charge is 0.460 e. The van der Waals surface area contributed by atoms with Gasteiger partial charge in [-0.2, -0.15) is 0 Å². The van der Waals surface area contributed by atoms with Crippen molar-refractivity contribution in [1.82, 2.24) is 0 Å². The van der Waals surface area contributed by atoms with Gasteiger partial charge in [0.2, 0.25) is 0 Å². The molecule has 0 aromatic carbocycles. The van der Waals surface area contributed by atoms with Gasteiger partial charge in [0.15, 0.2) is 5.78 Å². The van der Waals surface area contributed by atoms with Gasteiger partial charge >= 0.3 is 11.6 Å². The van der Waals surface area contributed by atoms with Crippen LogP contribution in [0.5, 0.6) is 0 Å². The zero-order chi connectivity index (χ0) is 25.3. The van der Waals surface area contributed by atoms with Crippen molar-refractivity contribution in [3.05, 3.63) is 34.4 Å². The molecular formula is C27H36O8. The van der Waals surface area contributed by atoms with Gasteiger partial charge in [0.1, 0.15) is 18.3 Å². The maximum Gasteiger partial charge on any atom is 0.335 e. The normalized spacial score (nSPS) is 45.7. The molecule has 0 saturated heterocycles. The molecule has 0 unspecified atom stereocenters. The maximum atomic E-state index is 13.9. The first-order chi connectivity index (χ1) is 16.4. The predicted molar refractivity (Wildman–Crippen MR) is 124 cm³/mol. The fourth-order valence-electron chi connectivity index (χ4n) is 8.48. The molecule has 192 valence electrons. The Bertz CT molecular complexity index is 1060. The van der Waals surface area contributed by atoms with Crippen molar-refractivity contribution in [3.8, 4) is 0 Å². The lowest BCUT2D eigenvalue weighted by Crippen LogP contribution is -2.70. The molecule has 0 amide bonds. The number of carbonyl (C=O) groups excluding carboxylic acids is 2. The van der Waals surface area contributed by atoms with Crippen molar-refractivity contribution in [1.29, 1.82) is 0 Å². The molecule has 0 aliphatic heterocycles. The first-order valence-electron chi connectivity index (χ1n) is 12.9. The fraction of sp³-hybridized carbons (Fsp3) is 0.741. The topological polar surface area (TPSA) is 134 Å². The quantitative estimate of drug-likeness (QED) is 0.552. The Morgan fingerprint density at radius 3 is 2.54 bits per heavy atom. The van der Waals surface area contributed by atoms with E-state index in [1.807, 2.05) is 0 Å². The second kappa shape index (κ2) is 8.25. The highest BCUT2D eigenvalue weighted by Gasteiger charge is 2.73. The monoisotopic (exact) mass is 488 g/mol. The molecule has 1 aromatic rings. The molecule has 0 bridgehead atoms. The Kier molecular flexibility index (Phi) is 5.81. The molecular weight excluding hydrogens is 452 g/mol. The van der Waals surface area contributed by atoms with Gasteiger partial charge in [-0.05, 0) is 87.7 Å². The second-order valence-electron chi connectivity index (χ2n) is 11.8. The van der Waals surface area contributed by atoms with Crippen LogP contribution in [0.1, 0.15) is 77.2 Å². The van der Waals surface area contributed by atoms with Crippen LogP contribution in [-0.2, 0) is 14.3 Å². The smallest absolute Gasteiger partial charge is 0.335 e. The number of rotatable bonds is 3. The summed E-state index contributed by atoms with van der Waals surface area (Å²) in [6.45, 7) is 5.28. The van der Waals surface area contributed by atoms with Gasteiger partial charge in [0.25, 0.3) is 0 Å². The molecule has 35 heavy (non-hydrogen) atoms. The Morgan fingerprint density at radius 1 is 1.14 bits per heavy atom. The van der Waals surface area contributed by atoms with Crippen LogP contribution < -0.4 is 5.63 Å². The van der Waals surface area contributed by atoms with Crippen molar-refractivity contribution in [2.24, 2.45) is 28.6 Å². The van der Waals surface area contributed by atoms with E-state index in [9.17, 15) is 29.7 Å². The minimum absolute atomic E-state index is 0.139. The molecule has 8 heteroatoms. The number of carbonyl (C=O) groups is 2. The van der Waals surface area contributed by atoms with Gasteiger partial charge in [-0.3, -0.25) is 4.79 Å². The van der Waals surface area contributed by atoms with E-state index in [1.165, 1.54) is 19.3 Å². The molecule has 3 N–H and O–H groups in total. The fourth-order valence-corrected chi connectivity index (χ4v) is 8.48. The summed E-state index contributed by atoms with van der Waals surface area (Å²) in [6, 6.07) is 2.99. The summed E-state index contributed by atoms with van der Waals surface area (Å²) in [6.07, 6.45) is 3.10. The molecule has 4 aliphatic rings. The van der Waals surface area contributed by atoms with E-state index < -0.39 is 34.8 Å². The zero-order valence-corrected chi connectivity index (χ0v) is 20.6. The molecule has 1 heterocycles. The summed E-state index contributed by atoms with van der Waals surface area (Å²) in [4.78, 5) is 37.4. The average molecular weight is 489 g/mol. The lowest BCUT2D eigenvalue weighted by atomic mass is 9.42. The van der Waals surface area contributed by atoms with Crippen LogP contribution in [0, 0.1) is 28.6 Å². The molecule has 8 nitrogen and oxygen atoms in total. The molecule has 4 aliphatic carbocycles. The molecule has 10 atom stereocenters. The van der Waals surface area contributed by atoms with Crippen LogP contribution in [0.15, 0.2) is 27.6 Å². The van der Waals surface area contributed by atoms with Crippen LogP contribution >= 0.6 is 0 Å².